The number of nitro benzene ring substituents is 1. The van der Waals surface area contributed by atoms with E-state index in [9.17, 15) is 23.3 Å². The summed E-state index contributed by atoms with van der Waals surface area (Å²) in [6.45, 7) is 8.74. The van der Waals surface area contributed by atoms with Crippen LogP contribution in [0.1, 0.15) is 66.2 Å². The van der Waals surface area contributed by atoms with Crippen molar-refractivity contribution >= 4 is 55.5 Å². The lowest BCUT2D eigenvalue weighted by molar-refractivity contribution is -0.386. The Morgan fingerprint density at radius 3 is 2.60 bits per heavy atom. The number of aromatic amines is 1. The number of fused-ring (bicyclic) bond motifs is 2. The monoisotopic (exact) mass is 887 g/mol. The summed E-state index contributed by atoms with van der Waals surface area (Å²) in [5.74, 6) is -0.727. The summed E-state index contributed by atoms with van der Waals surface area (Å²) in [5.41, 5.74) is 6.24. The van der Waals surface area contributed by atoms with Gasteiger partial charge in [0.25, 0.3) is 21.6 Å². The molecule has 1 saturated heterocycles. The van der Waals surface area contributed by atoms with Gasteiger partial charge in [0.15, 0.2) is 0 Å². The lowest BCUT2D eigenvalue weighted by Gasteiger charge is -2.39. The molecule has 1 atom stereocenters. The quantitative estimate of drug-likeness (QED) is 0.0940. The predicted molar refractivity (Wildman–Crippen MR) is 241 cm³/mol. The number of sulfonamides is 1. The average Bonchev–Trinajstić information content (AvgIpc) is 3.75. The van der Waals surface area contributed by atoms with Gasteiger partial charge in [-0.3, -0.25) is 24.8 Å². The number of halogens is 1. The number of piperazine rings is 1. The number of hydrogen-bond acceptors (Lipinski definition) is 11. The molecule has 1 fully saturated rings. The fourth-order valence-electron chi connectivity index (χ4n) is 8.78. The van der Waals surface area contributed by atoms with Gasteiger partial charge in [0.05, 0.1) is 33.7 Å². The number of H-pyrrole nitrogens is 1. The molecule has 1 amide bonds. The number of benzene rings is 3. The minimum absolute atomic E-state index is 0.0565. The average molecular weight is 888 g/mol. The topological polar surface area (TPSA) is 173 Å². The zero-order chi connectivity index (χ0) is 43.9. The first-order valence-corrected chi connectivity index (χ1v) is 22.8. The lowest BCUT2D eigenvalue weighted by Crippen LogP contribution is -2.47. The maximum absolute atomic E-state index is 14.0. The van der Waals surface area contributed by atoms with Gasteiger partial charge in [-0.1, -0.05) is 49.2 Å². The summed E-state index contributed by atoms with van der Waals surface area (Å²) < 4.78 is 42.1. The van der Waals surface area contributed by atoms with E-state index in [0.717, 1.165) is 61.1 Å². The molecule has 16 heteroatoms. The number of nitrogens with one attached hydrogen (secondary N) is 2. The predicted octanol–water partition coefficient (Wildman–Crippen LogP) is 8.94. The number of ether oxygens (including phenoxy) is 2. The molecule has 0 spiro atoms. The van der Waals surface area contributed by atoms with Crippen LogP contribution >= 0.6 is 11.6 Å². The normalized spacial score (nSPS) is 17.8. The number of rotatable bonds is 11. The molecule has 63 heavy (non-hydrogen) atoms. The molecule has 0 bridgehead atoms. The minimum Gasteiger partial charge on any atom is -0.492 e. The number of carbonyl (C=O) groups is 1. The zero-order valence-electron chi connectivity index (χ0n) is 34.8. The molecule has 5 heterocycles. The number of nitro groups is 1. The Morgan fingerprint density at radius 2 is 1.84 bits per heavy atom. The van der Waals surface area contributed by atoms with Crippen LogP contribution in [0.15, 0.2) is 114 Å². The van der Waals surface area contributed by atoms with Crippen molar-refractivity contribution in [2.75, 3.05) is 44.2 Å². The first kappa shape index (κ1) is 42.0. The largest absolute Gasteiger partial charge is 0.492 e. The number of pyridine rings is 2. The number of allylic oxidation sites excluding steroid dienone is 1. The Morgan fingerprint density at radius 1 is 1.03 bits per heavy atom. The summed E-state index contributed by atoms with van der Waals surface area (Å²) in [4.78, 5) is 41.8. The van der Waals surface area contributed by atoms with Crippen LogP contribution in [-0.4, -0.2) is 78.4 Å². The second-order valence-corrected chi connectivity index (χ2v) is 19.3. The minimum atomic E-state index is -4.65. The second kappa shape index (κ2) is 17.1. The molecule has 0 saturated carbocycles. The first-order valence-electron chi connectivity index (χ1n) is 20.9. The highest BCUT2D eigenvalue weighted by molar-refractivity contribution is 7.90. The van der Waals surface area contributed by atoms with Crippen molar-refractivity contribution in [2.24, 2.45) is 5.41 Å². The molecule has 6 aromatic rings. The van der Waals surface area contributed by atoms with Gasteiger partial charge in [0, 0.05) is 91.0 Å². The Kier molecular flexibility index (Phi) is 11.4. The maximum Gasteiger partial charge on any atom is 0.277 e. The number of aromatic nitrogens is 3. The van der Waals surface area contributed by atoms with Gasteiger partial charge in [-0.05, 0) is 90.8 Å². The molecule has 3 aromatic carbocycles. The highest BCUT2D eigenvalue weighted by atomic mass is 35.5. The molecule has 0 unspecified atom stereocenters. The number of carbonyl (C=O) groups excluding carboxylic acids is 1. The third-order valence-corrected chi connectivity index (χ3v) is 13.8. The summed E-state index contributed by atoms with van der Waals surface area (Å²) in [5, 5.41) is 13.8. The van der Waals surface area contributed by atoms with E-state index in [4.69, 9.17) is 21.1 Å². The first-order chi connectivity index (χ1) is 30.3. The van der Waals surface area contributed by atoms with Crippen molar-refractivity contribution in [3.8, 4) is 17.2 Å². The number of hydrogen-bond donors (Lipinski definition) is 2. The Hall–Kier alpha value is -6.29. The van der Waals surface area contributed by atoms with Crippen LogP contribution in [0, 0.1) is 15.5 Å². The number of amides is 1. The van der Waals surface area contributed by atoms with E-state index in [1.165, 1.54) is 35.0 Å². The van der Waals surface area contributed by atoms with Gasteiger partial charge in [0.1, 0.15) is 22.9 Å². The van der Waals surface area contributed by atoms with E-state index in [-0.39, 0.29) is 47.0 Å². The Labute approximate surface area is 370 Å². The van der Waals surface area contributed by atoms with Gasteiger partial charge in [0.2, 0.25) is 0 Å². The van der Waals surface area contributed by atoms with Crippen LogP contribution in [0.2, 0.25) is 5.02 Å². The van der Waals surface area contributed by atoms with E-state index in [0.29, 0.717) is 30.2 Å². The summed E-state index contributed by atoms with van der Waals surface area (Å²) in [6, 6.07) is 24.4. The fraction of sp³-hybridized carbons (Fsp3) is 0.298. The smallest absolute Gasteiger partial charge is 0.277 e. The molecule has 14 nitrogen and oxygen atoms in total. The summed E-state index contributed by atoms with van der Waals surface area (Å²) in [6.07, 6.45) is 8.32. The van der Waals surface area contributed by atoms with Crippen molar-refractivity contribution in [3.63, 3.8) is 0 Å². The van der Waals surface area contributed by atoms with Crippen molar-refractivity contribution in [1.29, 1.82) is 0 Å². The molecule has 0 radical (unpaired) electrons. The van der Waals surface area contributed by atoms with Crippen LogP contribution in [0.25, 0.3) is 16.6 Å². The van der Waals surface area contributed by atoms with E-state index in [1.54, 1.807) is 36.7 Å². The van der Waals surface area contributed by atoms with E-state index >= 15 is 0 Å². The molecule has 2 aliphatic heterocycles. The van der Waals surface area contributed by atoms with Gasteiger partial charge in [-0.25, -0.2) is 18.1 Å². The molecular formula is C47H46ClN7O7S. The third-order valence-electron chi connectivity index (χ3n) is 12.2. The van der Waals surface area contributed by atoms with E-state index in [1.807, 2.05) is 30.3 Å². The van der Waals surface area contributed by atoms with Gasteiger partial charge >= 0.3 is 0 Å². The van der Waals surface area contributed by atoms with Crippen molar-refractivity contribution < 1.29 is 27.6 Å². The number of anilines is 1. The molecule has 3 aromatic heterocycles. The summed E-state index contributed by atoms with van der Waals surface area (Å²) in [7, 11) is -4.65. The Bertz CT molecular complexity index is 2860. The fourth-order valence-corrected chi connectivity index (χ4v) is 9.90. The van der Waals surface area contributed by atoms with E-state index < -0.39 is 31.4 Å². The SMILES string of the molecule is CC1(C)CCC(CN2CCN(c3ccc(C(=O)NS(=O)(=O)c4cc5c(c([N+](=O)[O-])c4)C[C@H](c4ccccn4)CO5)c(Oc4cnc5[nH]ccc5c4)c3)CC2)=C(c2ccc(Cl)cc2)C1. The van der Waals surface area contributed by atoms with Crippen LogP contribution in [-0.2, 0) is 16.4 Å². The standard InChI is InChI=1S/C47H46ClN7O7S/c1-47(2)14-12-32(40(26-47)30-6-8-34(48)9-7-30)28-53-17-19-54(20-18-53)35-10-11-38(44(23-35)62-36-21-31-13-16-50-45(31)51-27-36)46(56)52-63(59,60)37-24-42(55(57)58)39-22-33(29-61-43(39)25-37)41-5-3-4-15-49-41/h3-11,13,15-16,21,23-25,27,33H,12,14,17-20,22,26,28-29H2,1-2H3,(H,50,51)(H,52,56)/t33-/m0/s1. The van der Waals surface area contributed by atoms with Crippen LogP contribution < -0.4 is 19.1 Å². The highest BCUT2D eigenvalue weighted by Crippen LogP contribution is 2.44. The lowest BCUT2D eigenvalue weighted by atomic mass is 9.72. The Balaban J connectivity index is 0.955. The van der Waals surface area contributed by atoms with Crippen molar-refractivity contribution in [3.05, 3.63) is 147 Å². The second-order valence-electron chi connectivity index (χ2n) is 17.1. The van der Waals surface area contributed by atoms with Crippen LogP contribution in [0.5, 0.6) is 17.2 Å². The molecular weight excluding hydrogens is 842 g/mol. The molecule has 2 N–H and O–H groups in total. The molecule has 3 aliphatic rings. The van der Waals surface area contributed by atoms with Gasteiger partial charge in [-0.2, -0.15) is 0 Å². The van der Waals surface area contributed by atoms with Gasteiger partial charge < -0.3 is 19.4 Å². The van der Waals surface area contributed by atoms with Gasteiger partial charge in [-0.15, -0.1) is 0 Å². The summed E-state index contributed by atoms with van der Waals surface area (Å²) >= 11 is 6.24. The van der Waals surface area contributed by atoms with Crippen molar-refractivity contribution in [2.45, 2.75) is 50.3 Å². The van der Waals surface area contributed by atoms with E-state index in [2.05, 4.69) is 55.5 Å². The van der Waals surface area contributed by atoms with Crippen LogP contribution in [0.3, 0.4) is 0 Å². The highest BCUT2D eigenvalue weighted by Gasteiger charge is 2.34. The molecule has 1 aliphatic carbocycles. The van der Waals surface area contributed by atoms with Crippen LogP contribution in [0.4, 0.5) is 11.4 Å². The molecule has 324 valence electrons. The number of nitrogens with zero attached hydrogens (tertiary/aromatic N) is 5. The molecule has 9 rings (SSSR count). The zero-order valence-corrected chi connectivity index (χ0v) is 36.4. The third kappa shape index (κ3) is 9.13. The maximum atomic E-state index is 14.0. The van der Waals surface area contributed by atoms with Crippen molar-refractivity contribution in [1.82, 2.24) is 24.6 Å².